The third-order valence-electron chi connectivity index (χ3n) is 3.99. The first kappa shape index (κ1) is 20.6. The Morgan fingerprint density at radius 1 is 0.739 bits per heavy atom. The molecule has 1 aromatic rings. The Bertz CT molecular complexity index is 384. The molecule has 0 saturated carbocycles. The van der Waals surface area contributed by atoms with E-state index in [0.29, 0.717) is 12.1 Å². The zero-order valence-electron chi connectivity index (χ0n) is 14.1. The van der Waals surface area contributed by atoms with E-state index in [-0.39, 0.29) is 0 Å². The van der Waals surface area contributed by atoms with Crippen LogP contribution in [0, 0.1) is 0 Å². The molecule has 0 heterocycles. The molecule has 3 nitrogen and oxygen atoms in total. The molecule has 23 heavy (non-hydrogen) atoms. The highest BCUT2D eigenvalue weighted by Gasteiger charge is 2.09. The van der Waals surface area contributed by atoms with Gasteiger partial charge in [0, 0.05) is 12.4 Å². The molecule has 0 spiro atoms. The van der Waals surface area contributed by atoms with Crippen LogP contribution in [0.15, 0.2) is 24.3 Å². The summed E-state index contributed by atoms with van der Waals surface area (Å²) in [7, 11) is -1.37. The zero-order valence-corrected chi connectivity index (χ0v) is 14.9. The van der Waals surface area contributed by atoms with Gasteiger partial charge < -0.3 is 15.2 Å². The maximum atomic E-state index is 9.04. The van der Waals surface area contributed by atoms with E-state index in [1.165, 1.54) is 62.7 Å². The SMILES string of the molecule is OCCCCCCCCCCCSCc1ccc(B(O)O)cc1. The van der Waals surface area contributed by atoms with Crippen molar-refractivity contribution < 1.29 is 15.2 Å². The zero-order chi connectivity index (χ0) is 16.8. The first-order valence-corrected chi connectivity index (χ1v) is 10.0. The van der Waals surface area contributed by atoms with Crippen LogP contribution in [0.5, 0.6) is 0 Å². The van der Waals surface area contributed by atoms with Gasteiger partial charge in [0.2, 0.25) is 0 Å². The van der Waals surface area contributed by atoms with Crippen LogP contribution in [0.1, 0.15) is 63.4 Å². The summed E-state index contributed by atoms with van der Waals surface area (Å²) in [6.07, 6.45) is 11.3. The maximum Gasteiger partial charge on any atom is 0.488 e. The van der Waals surface area contributed by atoms with Gasteiger partial charge in [-0.1, -0.05) is 69.2 Å². The van der Waals surface area contributed by atoms with Crippen LogP contribution in [0.4, 0.5) is 0 Å². The van der Waals surface area contributed by atoms with Crippen molar-refractivity contribution in [3.05, 3.63) is 29.8 Å². The average molecular weight is 338 g/mol. The van der Waals surface area contributed by atoms with Gasteiger partial charge in [0.25, 0.3) is 0 Å². The minimum absolute atomic E-state index is 0.338. The van der Waals surface area contributed by atoms with Gasteiger partial charge in [0.15, 0.2) is 0 Å². The Hall–Kier alpha value is -0.485. The molecular formula is C18H31BO3S. The maximum absolute atomic E-state index is 9.04. The topological polar surface area (TPSA) is 60.7 Å². The lowest BCUT2D eigenvalue weighted by Crippen LogP contribution is -2.29. The fourth-order valence-corrected chi connectivity index (χ4v) is 3.51. The molecule has 0 aromatic heterocycles. The number of rotatable bonds is 14. The second kappa shape index (κ2) is 13.9. The molecule has 0 bridgehead atoms. The quantitative estimate of drug-likeness (QED) is 0.360. The Morgan fingerprint density at radius 3 is 1.78 bits per heavy atom. The summed E-state index contributed by atoms with van der Waals surface area (Å²) >= 11 is 1.95. The number of aliphatic hydroxyl groups excluding tert-OH is 1. The second-order valence-corrected chi connectivity index (χ2v) is 7.18. The molecule has 0 aliphatic heterocycles. The number of benzene rings is 1. The van der Waals surface area contributed by atoms with E-state index >= 15 is 0 Å². The van der Waals surface area contributed by atoms with E-state index in [4.69, 9.17) is 15.2 Å². The van der Waals surface area contributed by atoms with Crippen LogP contribution in [0.25, 0.3) is 0 Å². The summed E-state index contributed by atoms with van der Waals surface area (Å²) in [4.78, 5) is 0. The number of hydrogen-bond acceptors (Lipinski definition) is 4. The summed E-state index contributed by atoms with van der Waals surface area (Å²) in [5.74, 6) is 2.19. The van der Waals surface area contributed by atoms with E-state index in [0.717, 1.165) is 12.2 Å². The Morgan fingerprint density at radius 2 is 1.26 bits per heavy atom. The van der Waals surface area contributed by atoms with Crippen LogP contribution in [-0.2, 0) is 5.75 Å². The fraction of sp³-hybridized carbons (Fsp3) is 0.667. The lowest BCUT2D eigenvalue weighted by atomic mass is 9.80. The van der Waals surface area contributed by atoms with Gasteiger partial charge in [-0.05, 0) is 29.6 Å². The number of aliphatic hydroxyl groups is 1. The average Bonchev–Trinajstić information content (AvgIpc) is 2.56. The normalized spacial score (nSPS) is 10.9. The molecule has 1 rings (SSSR count). The summed E-state index contributed by atoms with van der Waals surface area (Å²) in [5, 5.41) is 26.8. The first-order chi connectivity index (χ1) is 11.2. The summed E-state index contributed by atoms with van der Waals surface area (Å²) < 4.78 is 0. The van der Waals surface area contributed by atoms with Crippen molar-refractivity contribution in [2.45, 2.75) is 63.5 Å². The van der Waals surface area contributed by atoms with Crippen molar-refractivity contribution in [3.8, 4) is 0 Å². The van der Waals surface area contributed by atoms with Gasteiger partial charge in [-0.2, -0.15) is 11.8 Å². The van der Waals surface area contributed by atoms with Gasteiger partial charge in [0.1, 0.15) is 0 Å². The molecule has 0 amide bonds. The second-order valence-electron chi connectivity index (χ2n) is 6.07. The van der Waals surface area contributed by atoms with E-state index in [9.17, 15) is 0 Å². The number of hydrogen-bond donors (Lipinski definition) is 3. The molecule has 0 aliphatic carbocycles. The number of unbranched alkanes of at least 4 members (excludes halogenated alkanes) is 8. The molecule has 5 heteroatoms. The van der Waals surface area contributed by atoms with Crippen LogP contribution >= 0.6 is 11.8 Å². The molecule has 1 aromatic carbocycles. The summed E-state index contributed by atoms with van der Waals surface area (Å²) in [6, 6.07) is 7.50. The molecular weight excluding hydrogens is 307 g/mol. The highest BCUT2D eigenvalue weighted by Crippen LogP contribution is 2.15. The third-order valence-corrected chi connectivity index (χ3v) is 5.11. The van der Waals surface area contributed by atoms with Gasteiger partial charge in [-0.3, -0.25) is 0 Å². The molecule has 0 aliphatic rings. The summed E-state index contributed by atoms with van der Waals surface area (Å²) in [5.41, 5.74) is 1.79. The van der Waals surface area contributed by atoms with Crippen molar-refractivity contribution in [2.75, 3.05) is 12.4 Å². The molecule has 0 unspecified atom stereocenters. The van der Waals surface area contributed by atoms with Crippen LogP contribution in [0.2, 0.25) is 0 Å². The highest BCUT2D eigenvalue weighted by atomic mass is 32.2. The first-order valence-electron chi connectivity index (χ1n) is 8.87. The van der Waals surface area contributed by atoms with Crippen molar-refractivity contribution in [1.29, 1.82) is 0 Å². The van der Waals surface area contributed by atoms with Crippen molar-refractivity contribution in [1.82, 2.24) is 0 Å². The van der Waals surface area contributed by atoms with E-state index in [2.05, 4.69) is 0 Å². The Labute approximate surface area is 145 Å². The van der Waals surface area contributed by atoms with Crippen molar-refractivity contribution in [3.63, 3.8) is 0 Å². The fourth-order valence-electron chi connectivity index (χ4n) is 2.53. The van der Waals surface area contributed by atoms with Crippen molar-refractivity contribution >= 4 is 24.3 Å². The van der Waals surface area contributed by atoms with E-state index in [1.807, 2.05) is 23.9 Å². The van der Waals surface area contributed by atoms with Crippen molar-refractivity contribution in [2.24, 2.45) is 0 Å². The molecule has 0 saturated heterocycles. The summed E-state index contributed by atoms with van der Waals surface area (Å²) in [6.45, 7) is 0.338. The third kappa shape index (κ3) is 10.8. The van der Waals surface area contributed by atoms with E-state index < -0.39 is 7.12 Å². The van der Waals surface area contributed by atoms with Crippen LogP contribution < -0.4 is 5.46 Å². The predicted octanol–water partition coefficient (Wildman–Crippen LogP) is 3.10. The molecule has 0 radical (unpaired) electrons. The molecule has 130 valence electrons. The smallest absolute Gasteiger partial charge is 0.423 e. The lowest BCUT2D eigenvalue weighted by molar-refractivity contribution is 0.282. The minimum atomic E-state index is -1.37. The lowest BCUT2D eigenvalue weighted by Gasteiger charge is -2.04. The molecule has 3 N–H and O–H groups in total. The van der Waals surface area contributed by atoms with Crippen LogP contribution in [-0.4, -0.2) is 34.6 Å². The minimum Gasteiger partial charge on any atom is -0.423 e. The Balaban J connectivity index is 1.89. The van der Waals surface area contributed by atoms with Crippen LogP contribution in [0.3, 0.4) is 0 Å². The van der Waals surface area contributed by atoms with Gasteiger partial charge in [-0.15, -0.1) is 0 Å². The standard InChI is InChI=1S/C18H31BO3S/c20-14-8-6-4-2-1-3-5-7-9-15-23-16-17-10-12-18(13-11-17)19(21)22/h10-13,20-22H,1-9,14-16H2. The monoisotopic (exact) mass is 338 g/mol. The van der Waals surface area contributed by atoms with E-state index in [1.54, 1.807) is 12.1 Å². The van der Waals surface area contributed by atoms with Gasteiger partial charge in [0.05, 0.1) is 0 Å². The molecule has 0 atom stereocenters. The van der Waals surface area contributed by atoms with Gasteiger partial charge >= 0.3 is 7.12 Å². The Kier molecular flexibility index (Phi) is 12.4. The number of thioether (sulfide) groups is 1. The predicted molar refractivity (Wildman–Crippen MR) is 101 cm³/mol. The highest BCUT2D eigenvalue weighted by molar-refractivity contribution is 7.98. The van der Waals surface area contributed by atoms with Gasteiger partial charge in [-0.25, -0.2) is 0 Å². The largest absolute Gasteiger partial charge is 0.488 e. The molecule has 0 fully saturated rings.